The molecule has 0 spiro atoms. The van der Waals surface area contributed by atoms with Crippen molar-refractivity contribution in [2.24, 2.45) is 5.92 Å². The number of benzene rings is 1. The number of fused-ring (bicyclic) bond motifs is 1. The summed E-state index contributed by atoms with van der Waals surface area (Å²) >= 11 is 0. The molecule has 1 aliphatic heterocycles. The first-order valence-electron chi connectivity index (χ1n) is 8.69. The third-order valence-electron chi connectivity index (χ3n) is 5.01. The van der Waals surface area contributed by atoms with Gasteiger partial charge >= 0.3 is 0 Å². The predicted octanol–water partition coefficient (Wildman–Crippen LogP) is 4.11. The number of ether oxygens (including phenoxy) is 1. The van der Waals surface area contributed by atoms with E-state index in [2.05, 4.69) is 25.2 Å². The van der Waals surface area contributed by atoms with Crippen LogP contribution in [0.15, 0.2) is 24.3 Å². The normalized spacial score (nSPS) is 22.3. The van der Waals surface area contributed by atoms with E-state index in [0.717, 1.165) is 36.3 Å². The van der Waals surface area contributed by atoms with Crippen molar-refractivity contribution >= 4 is 11.5 Å². The first-order chi connectivity index (χ1) is 11.0. The van der Waals surface area contributed by atoms with Gasteiger partial charge in [-0.3, -0.25) is 4.79 Å². The molecule has 0 unspecified atom stereocenters. The van der Waals surface area contributed by atoms with Crippen LogP contribution in [0.1, 0.15) is 57.1 Å². The molecule has 2 aliphatic rings. The lowest BCUT2D eigenvalue weighted by atomic mass is 9.83. The van der Waals surface area contributed by atoms with Crippen molar-refractivity contribution in [1.29, 1.82) is 0 Å². The summed E-state index contributed by atoms with van der Waals surface area (Å²) in [6.07, 6.45) is 8.50. The van der Waals surface area contributed by atoms with Crippen LogP contribution in [-0.2, 0) is 11.2 Å². The molecule has 23 heavy (non-hydrogen) atoms. The minimum absolute atomic E-state index is 0.0414. The van der Waals surface area contributed by atoms with E-state index < -0.39 is 0 Å². The fourth-order valence-corrected chi connectivity index (χ4v) is 3.80. The topological polar surface area (TPSA) is 38.3 Å². The third-order valence-corrected chi connectivity index (χ3v) is 5.01. The van der Waals surface area contributed by atoms with Gasteiger partial charge in [-0.05, 0) is 50.8 Å². The molecule has 1 aromatic rings. The lowest BCUT2D eigenvalue weighted by Crippen LogP contribution is -2.44. The highest BCUT2D eigenvalue weighted by atomic mass is 16.5. The molecule has 3 heteroatoms. The standard InChI is InChI=1S/C20H27NO2/c1-20(2)13-15-9-10-16(23-3)11-17(15)18(21-20)12-19(22)14-7-5-4-6-8-14/h9-12,14,21H,4-8,13H2,1-3H3. The molecule has 1 aromatic carbocycles. The van der Waals surface area contributed by atoms with Crippen LogP contribution in [0, 0.1) is 5.92 Å². The summed E-state index contributed by atoms with van der Waals surface area (Å²) in [5.41, 5.74) is 3.29. The van der Waals surface area contributed by atoms with E-state index in [-0.39, 0.29) is 17.2 Å². The second-order valence-corrected chi connectivity index (χ2v) is 7.50. The van der Waals surface area contributed by atoms with E-state index in [1.807, 2.05) is 18.2 Å². The van der Waals surface area contributed by atoms with Crippen molar-refractivity contribution in [3.05, 3.63) is 35.4 Å². The van der Waals surface area contributed by atoms with Gasteiger partial charge in [0.25, 0.3) is 0 Å². The second kappa shape index (κ2) is 6.38. The summed E-state index contributed by atoms with van der Waals surface area (Å²) in [4.78, 5) is 12.7. The lowest BCUT2D eigenvalue weighted by molar-refractivity contribution is -0.119. The summed E-state index contributed by atoms with van der Waals surface area (Å²) in [7, 11) is 1.68. The molecule has 1 fully saturated rings. The van der Waals surface area contributed by atoms with E-state index in [1.165, 1.54) is 24.8 Å². The Morgan fingerprint density at radius 2 is 2.00 bits per heavy atom. The van der Waals surface area contributed by atoms with E-state index in [4.69, 9.17) is 4.74 Å². The second-order valence-electron chi connectivity index (χ2n) is 7.50. The minimum atomic E-state index is -0.0414. The van der Waals surface area contributed by atoms with Crippen molar-refractivity contribution < 1.29 is 9.53 Å². The molecule has 0 aromatic heterocycles. The molecule has 1 heterocycles. The Labute approximate surface area is 139 Å². The van der Waals surface area contributed by atoms with Crippen molar-refractivity contribution in [3.8, 4) is 5.75 Å². The molecular formula is C20H27NO2. The molecule has 0 atom stereocenters. The Balaban J connectivity index is 1.94. The van der Waals surface area contributed by atoms with Crippen LogP contribution < -0.4 is 10.1 Å². The number of hydrogen-bond acceptors (Lipinski definition) is 3. The van der Waals surface area contributed by atoms with Crippen molar-refractivity contribution in [2.45, 2.75) is 57.9 Å². The number of carbonyl (C=O) groups excluding carboxylic acids is 1. The minimum Gasteiger partial charge on any atom is -0.497 e. The van der Waals surface area contributed by atoms with E-state index in [1.54, 1.807) is 7.11 Å². The number of nitrogens with one attached hydrogen (secondary N) is 1. The highest BCUT2D eigenvalue weighted by Gasteiger charge is 2.29. The van der Waals surface area contributed by atoms with Gasteiger partial charge in [0.1, 0.15) is 5.75 Å². The zero-order valence-corrected chi connectivity index (χ0v) is 14.4. The predicted molar refractivity (Wildman–Crippen MR) is 93.5 cm³/mol. The van der Waals surface area contributed by atoms with Crippen LogP contribution in [0.3, 0.4) is 0 Å². The van der Waals surface area contributed by atoms with Gasteiger partial charge in [-0.15, -0.1) is 0 Å². The van der Waals surface area contributed by atoms with Gasteiger partial charge in [0.2, 0.25) is 0 Å². The summed E-state index contributed by atoms with van der Waals surface area (Å²) in [5.74, 6) is 1.32. The Morgan fingerprint density at radius 3 is 2.70 bits per heavy atom. The Bertz CT molecular complexity index is 625. The molecule has 0 radical (unpaired) electrons. The van der Waals surface area contributed by atoms with Gasteiger partial charge in [-0.2, -0.15) is 0 Å². The van der Waals surface area contributed by atoms with Crippen LogP contribution >= 0.6 is 0 Å². The van der Waals surface area contributed by atoms with Crippen LogP contribution in [0.2, 0.25) is 0 Å². The van der Waals surface area contributed by atoms with E-state index in [9.17, 15) is 4.79 Å². The lowest BCUT2D eigenvalue weighted by Gasteiger charge is -2.36. The van der Waals surface area contributed by atoms with Crippen molar-refractivity contribution in [2.75, 3.05) is 7.11 Å². The zero-order chi connectivity index (χ0) is 16.4. The van der Waals surface area contributed by atoms with Crippen molar-refractivity contribution in [3.63, 3.8) is 0 Å². The zero-order valence-electron chi connectivity index (χ0n) is 14.4. The monoisotopic (exact) mass is 313 g/mol. The fourth-order valence-electron chi connectivity index (χ4n) is 3.80. The highest BCUT2D eigenvalue weighted by molar-refractivity contribution is 5.98. The SMILES string of the molecule is COc1ccc2c(c1)C(=CC(=O)C1CCCCC1)NC(C)(C)C2. The maximum atomic E-state index is 12.7. The maximum absolute atomic E-state index is 12.7. The highest BCUT2D eigenvalue weighted by Crippen LogP contribution is 2.33. The number of methoxy groups -OCH3 is 1. The van der Waals surface area contributed by atoms with Crippen LogP contribution in [-0.4, -0.2) is 18.4 Å². The largest absolute Gasteiger partial charge is 0.497 e. The first kappa shape index (κ1) is 16.1. The van der Waals surface area contributed by atoms with Gasteiger partial charge in [0, 0.05) is 28.8 Å². The summed E-state index contributed by atoms with van der Waals surface area (Å²) in [6.45, 7) is 4.36. The molecule has 1 aliphatic carbocycles. The molecule has 0 amide bonds. The van der Waals surface area contributed by atoms with Crippen molar-refractivity contribution in [1.82, 2.24) is 5.32 Å². The van der Waals surface area contributed by atoms with Crippen LogP contribution in [0.5, 0.6) is 5.75 Å². The van der Waals surface area contributed by atoms with E-state index in [0.29, 0.717) is 0 Å². The van der Waals surface area contributed by atoms with Gasteiger partial charge < -0.3 is 10.1 Å². The van der Waals surface area contributed by atoms with Gasteiger partial charge in [-0.25, -0.2) is 0 Å². The summed E-state index contributed by atoms with van der Waals surface area (Å²) in [5, 5.41) is 3.55. The number of carbonyl (C=O) groups is 1. The number of ketones is 1. The molecule has 1 N–H and O–H groups in total. The Morgan fingerprint density at radius 1 is 1.26 bits per heavy atom. The average molecular weight is 313 g/mol. The van der Waals surface area contributed by atoms with Gasteiger partial charge in [-0.1, -0.05) is 25.3 Å². The Kier molecular flexibility index (Phi) is 4.47. The number of rotatable bonds is 3. The smallest absolute Gasteiger partial charge is 0.160 e. The molecule has 1 saturated carbocycles. The molecule has 3 rings (SSSR count). The quantitative estimate of drug-likeness (QED) is 0.854. The third kappa shape index (κ3) is 3.60. The number of allylic oxidation sites excluding steroid dienone is 1. The Hall–Kier alpha value is -1.77. The van der Waals surface area contributed by atoms with Crippen LogP contribution in [0.25, 0.3) is 5.70 Å². The molecule has 124 valence electrons. The van der Waals surface area contributed by atoms with E-state index >= 15 is 0 Å². The molecular weight excluding hydrogens is 286 g/mol. The molecule has 0 bridgehead atoms. The number of hydrogen-bond donors (Lipinski definition) is 1. The summed E-state index contributed by atoms with van der Waals surface area (Å²) in [6, 6.07) is 6.16. The summed E-state index contributed by atoms with van der Waals surface area (Å²) < 4.78 is 5.36. The fraction of sp³-hybridized carbons (Fsp3) is 0.550. The van der Waals surface area contributed by atoms with Crippen LogP contribution in [0.4, 0.5) is 0 Å². The average Bonchev–Trinajstić information content (AvgIpc) is 2.54. The first-order valence-corrected chi connectivity index (χ1v) is 8.69. The van der Waals surface area contributed by atoms with Gasteiger partial charge in [0.05, 0.1) is 7.11 Å². The molecule has 3 nitrogen and oxygen atoms in total. The maximum Gasteiger partial charge on any atom is 0.160 e. The molecule has 0 saturated heterocycles. The van der Waals surface area contributed by atoms with Gasteiger partial charge in [0.15, 0.2) is 5.78 Å².